The summed E-state index contributed by atoms with van der Waals surface area (Å²) in [6.07, 6.45) is 4.10. The fourth-order valence-electron chi connectivity index (χ4n) is 2.41. The van der Waals surface area contributed by atoms with Crippen LogP contribution in [0.2, 0.25) is 0 Å². The lowest BCUT2D eigenvalue weighted by Crippen LogP contribution is -2.17. The van der Waals surface area contributed by atoms with Gasteiger partial charge in [0.1, 0.15) is 10.5 Å². The van der Waals surface area contributed by atoms with E-state index in [9.17, 15) is 4.79 Å². The Balaban J connectivity index is 1.83. The van der Waals surface area contributed by atoms with Crippen LogP contribution in [-0.2, 0) is 6.54 Å². The minimum Gasteiger partial charge on any atom is -0.346 e. The summed E-state index contributed by atoms with van der Waals surface area (Å²) in [6, 6.07) is 4.30. The number of hydrogen-bond acceptors (Lipinski definition) is 4. The van der Waals surface area contributed by atoms with Gasteiger partial charge in [0.05, 0.1) is 12.1 Å². The highest BCUT2D eigenvalue weighted by Crippen LogP contribution is 2.15. The lowest BCUT2D eigenvalue weighted by molar-refractivity contribution is 0.596. The molecular weight excluding hydrogens is 284 g/mol. The van der Waals surface area contributed by atoms with Crippen molar-refractivity contribution in [2.45, 2.75) is 26.4 Å². The number of rotatable bonds is 5. The zero-order chi connectivity index (χ0) is 14.8. The minimum absolute atomic E-state index is 0.0570. The molecule has 5 nitrogen and oxygen atoms in total. The second kappa shape index (κ2) is 5.83. The van der Waals surface area contributed by atoms with Crippen molar-refractivity contribution >= 4 is 21.6 Å². The Morgan fingerprint density at radius 3 is 3.14 bits per heavy atom. The molecule has 0 aromatic carbocycles. The van der Waals surface area contributed by atoms with Gasteiger partial charge in [-0.05, 0) is 36.5 Å². The number of nitrogens with zero attached hydrogens (tertiary/aromatic N) is 2. The molecule has 0 aliphatic rings. The summed E-state index contributed by atoms with van der Waals surface area (Å²) in [5.41, 5.74) is 1.95. The topological polar surface area (TPSA) is 62.7 Å². The maximum absolute atomic E-state index is 11.9. The second-order valence-corrected chi connectivity index (χ2v) is 5.96. The van der Waals surface area contributed by atoms with Crippen molar-refractivity contribution in [3.63, 3.8) is 0 Å². The zero-order valence-corrected chi connectivity index (χ0v) is 12.9. The third kappa shape index (κ3) is 2.91. The Hall–Kier alpha value is -1.92. The van der Waals surface area contributed by atoms with Gasteiger partial charge in [0.25, 0.3) is 5.56 Å². The Labute approximate surface area is 126 Å². The van der Waals surface area contributed by atoms with E-state index in [1.807, 2.05) is 22.2 Å². The van der Waals surface area contributed by atoms with Crippen LogP contribution in [0.25, 0.3) is 10.2 Å². The lowest BCUT2D eigenvalue weighted by atomic mass is 10.2. The van der Waals surface area contributed by atoms with Crippen LogP contribution in [0.3, 0.4) is 0 Å². The maximum Gasteiger partial charge on any atom is 0.268 e. The Morgan fingerprint density at radius 2 is 2.33 bits per heavy atom. The van der Waals surface area contributed by atoms with Gasteiger partial charge in [-0.2, -0.15) is 0 Å². The summed E-state index contributed by atoms with van der Waals surface area (Å²) < 4.78 is 2.73. The van der Waals surface area contributed by atoms with Crippen LogP contribution in [0.1, 0.15) is 31.3 Å². The highest BCUT2D eigenvalue weighted by molar-refractivity contribution is 7.17. The third-order valence-electron chi connectivity index (χ3n) is 3.48. The number of fused-ring (bicyclic) bond motifs is 1. The monoisotopic (exact) mass is 302 g/mol. The van der Waals surface area contributed by atoms with Gasteiger partial charge in [0, 0.05) is 18.4 Å². The molecule has 3 aromatic rings. The fourth-order valence-corrected chi connectivity index (χ4v) is 3.13. The van der Waals surface area contributed by atoms with Gasteiger partial charge in [-0.25, -0.2) is 4.98 Å². The van der Waals surface area contributed by atoms with E-state index in [2.05, 4.69) is 41.4 Å². The standard InChI is InChI=1S/C15H18N4OS/c1-3-16-10(2)11-4-6-19(8-11)9-13-17-12-5-7-21-14(12)15(20)18-13/h4-8,10,16H,3,9H2,1-2H3,(H,17,18,20). The van der Waals surface area contributed by atoms with E-state index in [0.29, 0.717) is 23.1 Å². The molecule has 0 radical (unpaired) electrons. The van der Waals surface area contributed by atoms with Gasteiger partial charge in [-0.1, -0.05) is 6.92 Å². The van der Waals surface area contributed by atoms with Crippen molar-refractivity contribution in [1.82, 2.24) is 19.9 Å². The van der Waals surface area contributed by atoms with Crippen LogP contribution in [0, 0.1) is 0 Å². The highest BCUT2D eigenvalue weighted by Gasteiger charge is 2.08. The molecule has 0 bridgehead atoms. The van der Waals surface area contributed by atoms with E-state index < -0.39 is 0 Å². The van der Waals surface area contributed by atoms with Crippen molar-refractivity contribution < 1.29 is 0 Å². The number of aromatic nitrogens is 3. The first-order valence-electron chi connectivity index (χ1n) is 7.03. The molecule has 2 N–H and O–H groups in total. The minimum atomic E-state index is -0.0570. The maximum atomic E-state index is 11.9. The molecule has 0 fully saturated rings. The lowest BCUT2D eigenvalue weighted by Gasteiger charge is -2.09. The number of nitrogens with one attached hydrogen (secondary N) is 2. The summed E-state index contributed by atoms with van der Waals surface area (Å²) in [5, 5.41) is 5.27. The molecule has 1 atom stereocenters. The second-order valence-electron chi connectivity index (χ2n) is 5.04. The summed E-state index contributed by atoms with van der Waals surface area (Å²) in [7, 11) is 0. The van der Waals surface area contributed by atoms with Crippen molar-refractivity contribution in [2.75, 3.05) is 6.54 Å². The highest BCUT2D eigenvalue weighted by atomic mass is 32.1. The van der Waals surface area contributed by atoms with E-state index in [4.69, 9.17) is 0 Å². The first kappa shape index (κ1) is 14.0. The van der Waals surface area contributed by atoms with Gasteiger partial charge in [-0.15, -0.1) is 11.3 Å². The van der Waals surface area contributed by atoms with Crippen LogP contribution in [0.15, 0.2) is 34.7 Å². The Kier molecular flexibility index (Phi) is 3.90. The number of hydrogen-bond donors (Lipinski definition) is 2. The summed E-state index contributed by atoms with van der Waals surface area (Å²) >= 11 is 1.42. The van der Waals surface area contributed by atoms with Gasteiger partial charge in [-0.3, -0.25) is 4.79 Å². The summed E-state index contributed by atoms with van der Waals surface area (Å²) in [5.74, 6) is 0.684. The molecule has 3 rings (SSSR count). The number of H-pyrrole nitrogens is 1. The predicted molar refractivity (Wildman–Crippen MR) is 85.9 cm³/mol. The van der Waals surface area contributed by atoms with Crippen molar-refractivity contribution in [3.05, 3.63) is 51.6 Å². The van der Waals surface area contributed by atoms with Gasteiger partial charge in [0.2, 0.25) is 0 Å². The van der Waals surface area contributed by atoms with Crippen molar-refractivity contribution in [3.8, 4) is 0 Å². The molecule has 3 heterocycles. The van der Waals surface area contributed by atoms with Crippen LogP contribution < -0.4 is 10.9 Å². The fraction of sp³-hybridized carbons (Fsp3) is 0.333. The molecule has 1 unspecified atom stereocenters. The van der Waals surface area contributed by atoms with Crippen LogP contribution in [0.4, 0.5) is 0 Å². The quantitative estimate of drug-likeness (QED) is 0.761. The molecule has 0 aliphatic heterocycles. The average molecular weight is 302 g/mol. The van der Waals surface area contributed by atoms with Gasteiger partial charge >= 0.3 is 0 Å². The molecule has 110 valence electrons. The Bertz CT molecular complexity index is 801. The molecule has 0 aliphatic carbocycles. The first-order valence-corrected chi connectivity index (χ1v) is 7.91. The van der Waals surface area contributed by atoms with Crippen LogP contribution in [-0.4, -0.2) is 21.1 Å². The first-order chi connectivity index (χ1) is 10.2. The van der Waals surface area contributed by atoms with E-state index in [1.54, 1.807) is 0 Å². The van der Waals surface area contributed by atoms with E-state index in [0.717, 1.165) is 12.1 Å². The zero-order valence-electron chi connectivity index (χ0n) is 12.1. The van der Waals surface area contributed by atoms with Crippen molar-refractivity contribution in [2.24, 2.45) is 0 Å². The normalized spacial score (nSPS) is 12.9. The number of aromatic amines is 1. The average Bonchev–Trinajstić information content (AvgIpc) is 3.08. The molecule has 0 amide bonds. The van der Waals surface area contributed by atoms with E-state index in [1.165, 1.54) is 16.9 Å². The summed E-state index contributed by atoms with van der Waals surface area (Å²) in [4.78, 5) is 19.3. The largest absolute Gasteiger partial charge is 0.346 e. The van der Waals surface area contributed by atoms with Gasteiger partial charge in [0.15, 0.2) is 0 Å². The number of thiophene rings is 1. The molecule has 0 saturated carbocycles. The van der Waals surface area contributed by atoms with E-state index >= 15 is 0 Å². The Morgan fingerprint density at radius 1 is 1.48 bits per heavy atom. The predicted octanol–water partition coefficient (Wildman–Crippen LogP) is 2.50. The SMILES string of the molecule is CCNC(C)c1ccn(Cc2nc3ccsc3c(=O)[nH]2)c1. The van der Waals surface area contributed by atoms with Crippen LogP contribution >= 0.6 is 11.3 Å². The van der Waals surface area contributed by atoms with Crippen LogP contribution in [0.5, 0.6) is 0 Å². The summed E-state index contributed by atoms with van der Waals surface area (Å²) in [6.45, 7) is 5.74. The van der Waals surface area contributed by atoms with E-state index in [-0.39, 0.29) is 5.56 Å². The smallest absolute Gasteiger partial charge is 0.268 e. The molecule has 0 spiro atoms. The molecule has 6 heteroatoms. The van der Waals surface area contributed by atoms with Crippen molar-refractivity contribution in [1.29, 1.82) is 0 Å². The molecular formula is C15H18N4OS. The molecule has 3 aromatic heterocycles. The molecule has 21 heavy (non-hydrogen) atoms. The third-order valence-corrected chi connectivity index (χ3v) is 4.38. The van der Waals surface area contributed by atoms with Gasteiger partial charge < -0.3 is 14.9 Å². The molecule has 0 saturated heterocycles.